The minimum absolute atomic E-state index is 0.130. The molecule has 2 aromatic heterocycles. The molecule has 166 valence electrons. The number of nitrogens with one attached hydrogen (secondary N) is 2. The molecule has 1 fully saturated rings. The summed E-state index contributed by atoms with van der Waals surface area (Å²) in [6.45, 7) is 1.45. The summed E-state index contributed by atoms with van der Waals surface area (Å²) in [4.78, 5) is 24.1. The second kappa shape index (κ2) is 8.75. The monoisotopic (exact) mass is 446 g/mol. The van der Waals surface area contributed by atoms with Gasteiger partial charge >= 0.3 is 5.69 Å². The number of nitrogens with zero attached hydrogens (tertiary/aromatic N) is 4. The maximum Gasteiger partial charge on any atom is 0.311 e. The summed E-state index contributed by atoms with van der Waals surface area (Å²) in [6, 6.07) is 12.7. The Kier molecular flexibility index (Phi) is 5.49. The number of fused-ring (bicyclic) bond motifs is 1. The average molecular weight is 446 g/mol. The first-order chi connectivity index (χ1) is 16.1. The molecule has 1 unspecified atom stereocenters. The number of ether oxygens (including phenoxy) is 1. The maximum absolute atomic E-state index is 14.2. The van der Waals surface area contributed by atoms with Crippen LogP contribution >= 0.6 is 0 Å². The third-order valence-corrected chi connectivity index (χ3v) is 5.39. The summed E-state index contributed by atoms with van der Waals surface area (Å²) in [5.74, 6) is 0.176. The molecule has 1 aliphatic heterocycles. The molecule has 0 bridgehead atoms. The number of benzene rings is 2. The molecule has 0 amide bonds. The SMILES string of the molecule is O=[N+]([O-])c1cc2c(Nc3ccnc(-c4ccccc4F)c3)ncnc2cc1OC1CCNC1. The van der Waals surface area contributed by atoms with Gasteiger partial charge in [0, 0.05) is 36.1 Å². The van der Waals surface area contributed by atoms with Gasteiger partial charge in [-0.1, -0.05) is 12.1 Å². The standard InChI is InChI=1S/C23H19FN6O3/c24-18-4-2-1-3-16(18)19-9-14(5-8-26-19)29-23-17-10-21(30(31)32)22(11-20(17)27-13-28-23)33-15-6-7-25-12-15/h1-5,8-11,13,15,25H,6-7,12H2,(H,26,27,28,29). The summed E-state index contributed by atoms with van der Waals surface area (Å²) in [5, 5.41) is 18.5. The molecule has 33 heavy (non-hydrogen) atoms. The molecule has 2 aromatic carbocycles. The van der Waals surface area contributed by atoms with Crippen LogP contribution in [-0.4, -0.2) is 39.1 Å². The van der Waals surface area contributed by atoms with E-state index in [0.29, 0.717) is 40.2 Å². The Balaban J connectivity index is 1.51. The highest BCUT2D eigenvalue weighted by Crippen LogP contribution is 2.36. The van der Waals surface area contributed by atoms with Crippen molar-refractivity contribution in [2.45, 2.75) is 12.5 Å². The summed E-state index contributed by atoms with van der Waals surface area (Å²) in [7, 11) is 0. The van der Waals surface area contributed by atoms with Gasteiger partial charge in [-0.15, -0.1) is 0 Å². The summed E-state index contributed by atoms with van der Waals surface area (Å²) in [6.07, 6.45) is 3.57. The van der Waals surface area contributed by atoms with Crippen LogP contribution in [0.1, 0.15) is 6.42 Å². The van der Waals surface area contributed by atoms with Crippen LogP contribution < -0.4 is 15.4 Å². The predicted octanol–water partition coefficient (Wildman–Crippen LogP) is 4.22. The number of nitro benzene ring substituents is 1. The van der Waals surface area contributed by atoms with E-state index in [2.05, 4.69) is 25.6 Å². The van der Waals surface area contributed by atoms with Gasteiger partial charge in [0.1, 0.15) is 24.1 Å². The van der Waals surface area contributed by atoms with Crippen molar-refractivity contribution in [1.29, 1.82) is 0 Å². The van der Waals surface area contributed by atoms with E-state index in [4.69, 9.17) is 4.74 Å². The van der Waals surface area contributed by atoms with Gasteiger partial charge in [-0.25, -0.2) is 14.4 Å². The molecule has 10 heteroatoms. The number of hydrogen-bond donors (Lipinski definition) is 2. The fourth-order valence-corrected chi connectivity index (χ4v) is 3.78. The van der Waals surface area contributed by atoms with Gasteiger partial charge in [0.2, 0.25) is 0 Å². The highest BCUT2D eigenvalue weighted by atomic mass is 19.1. The molecule has 2 N–H and O–H groups in total. The van der Waals surface area contributed by atoms with Crippen LogP contribution in [0.2, 0.25) is 0 Å². The molecule has 1 saturated heterocycles. The first kappa shape index (κ1) is 20.7. The zero-order valence-electron chi connectivity index (χ0n) is 17.4. The summed E-state index contributed by atoms with van der Waals surface area (Å²) in [5.41, 5.74) is 1.76. The molecular weight excluding hydrogens is 427 g/mol. The van der Waals surface area contributed by atoms with Crippen molar-refractivity contribution in [3.8, 4) is 17.0 Å². The Hall–Kier alpha value is -4.18. The van der Waals surface area contributed by atoms with Crippen molar-refractivity contribution < 1.29 is 14.1 Å². The van der Waals surface area contributed by atoms with Crippen LogP contribution in [0.4, 0.5) is 21.6 Å². The zero-order valence-corrected chi connectivity index (χ0v) is 17.4. The molecule has 0 radical (unpaired) electrons. The zero-order chi connectivity index (χ0) is 22.8. The molecule has 3 heterocycles. The molecule has 1 atom stereocenters. The molecule has 0 spiro atoms. The average Bonchev–Trinajstić information content (AvgIpc) is 3.32. The topological polar surface area (TPSA) is 115 Å². The largest absolute Gasteiger partial charge is 0.482 e. The second-order valence-corrected chi connectivity index (χ2v) is 7.58. The highest BCUT2D eigenvalue weighted by molar-refractivity contribution is 5.94. The second-order valence-electron chi connectivity index (χ2n) is 7.58. The van der Waals surface area contributed by atoms with Gasteiger partial charge in [-0.2, -0.15) is 0 Å². The van der Waals surface area contributed by atoms with Gasteiger partial charge in [0.15, 0.2) is 5.75 Å². The van der Waals surface area contributed by atoms with E-state index in [1.807, 2.05) is 0 Å². The summed E-state index contributed by atoms with van der Waals surface area (Å²) < 4.78 is 20.1. The Bertz CT molecular complexity index is 1340. The van der Waals surface area contributed by atoms with Crippen molar-refractivity contribution in [1.82, 2.24) is 20.3 Å². The van der Waals surface area contributed by atoms with Crippen molar-refractivity contribution in [2.75, 3.05) is 18.4 Å². The fraction of sp³-hybridized carbons (Fsp3) is 0.174. The van der Waals surface area contributed by atoms with E-state index in [1.165, 1.54) is 18.5 Å². The third kappa shape index (κ3) is 4.28. The lowest BCUT2D eigenvalue weighted by Crippen LogP contribution is -2.20. The molecular formula is C23H19FN6O3. The van der Waals surface area contributed by atoms with Gasteiger partial charge < -0.3 is 15.4 Å². The lowest BCUT2D eigenvalue weighted by molar-refractivity contribution is -0.385. The minimum atomic E-state index is -0.476. The van der Waals surface area contributed by atoms with Crippen LogP contribution in [0, 0.1) is 15.9 Å². The molecule has 0 saturated carbocycles. The van der Waals surface area contributed by atoms with Crippen molar-refractivity contribution >= 4 is 28.1 Å². The molecule has 0 aliphatic carbocycles. The Morgan fingerprint density at radius 2 is 2.03 bits per heavy atom. The van der Waals surface area contributed by atoms with E-state index < -0.39 is 4.92 Å². The molecule has 5 rings (SSSR count). The number of rotatable bonds is 6. The summed E-state index contributed by atoms with van der Waals surface area (Å²) >= 11 is 0. The molecule has 4 aromatic rings. The maximum atomic E-state index is 14.2. The van der Waals surface area contributed by atoms with Crippen molar-refractivity contribution in [3.63, 3.8) is 0 Å². The van der Waals surface area contributed by atoms with Crippen LogP contribution in [0.25, 0.3) is 22.2 Å². The number of hydrogen-bond acceptors (Lipinski definition) is 8. The number of halogens is 1. The van der Waals surface area contributed by atoms with E-state index in [0.717, 1.165) is 13.0 Å². The van der Waals surface area contributed by atoms with Crippen LogP contribution in [-0.2, 0) is 0 Å². The van der Waals surface area contributed by atoms with Crippen LogP contribution in [0.3, 0.4) is 0 Å². The number of aromatic nitrogens is 3. The quantitative estimate of drug-likeness (QED) is 0.334. The van der Waals surface area contributed by atoms with E-state index >= 15 is 0 Å². The van der Waals surface area contributed by atoms with E-state index in [9.17, 15) is 14.5 Å². The van der Waals surface area contributed by atoms with Gasteiger partial charge in [0.05, 0.1) is 21.5 Å². The van der Waals surface area contributed by atoms with E-state index in [1.54, 1.807) is 42.6 Å². The highest BCUT2D eigenvalue weighted by Gasteiger charge is 2.24. The Labute approximate surface area is 187 Å². The number of pyridine rings is 1. The lowest BCUT2D eigenvalue weighted by atomic mass is 10.1. The van der Waals surface area contributed by atoms with Gasteiger partial charge in [-0.3, -0.25) is 15.1 Å². The van der Waals surface area contributed by atoms with E-state index in [-0.39, 0.29) is 23.4 Å². The first-order valence-electron chi connectivity index (χ1n) is 10.4. The van der Waals surface area contributed by atoms with Crippen LogP contribution in [0.15, 0.2) is 61.1 Å². The van der Waals surface area contributed by atoms with Gasteiger partial charge in [0.25, 0.3) is 0 Å². The van der Waals surface area contributed by atoms with Crippen LogP contribution in [0.5, 0.6) is 5.75 Å². The smallest absolute Gasteiger partial charge is 0.311 e. The molecule has 1 aliphatic rings. The predicted molar refractivity (Wildman–Crippen MR) is 121 cm³/mol. The Morgan fingerprint density at radius 1 is 1.15 bits per heavy atom. The number of anilines is 2. The Morgan fingerprint density at radius 3 is 2.82 bits per heavy atom. The fourth-order valence-electron chi connectivity index (χ4n) is 3.78. The van der Waals surface area contributed by atoms with Crippen molar-refractivity contribution in [2.24, 2.45) is 0 Å². The van der Waals surface area contributed by atoms with Gasteiger partial charge in [-0.05, 0) is 37.2 Å². The first-order valence-corrected chi connectivity index (χ1v) is 10.4. The third-order valence-electron chi connectivity index (χ3n) is 5.39. The lowest BCUT2D eigenvalue weighted by Gasteiger charge is -2.14. The normalized spacial score (nSPS) is 15.5. The molecule has 9 nitrogen and oxygen atoms in total. The van der Waals surface area contributed by atoms with Crippen molar-refractivity contribution in [3.05, 3.63) is 77.0 Å². The minimum Gasteiger partial charge on any atom is -0.482 e. The number of nitro groups is 1.